The van der Waals surface area contributed by atoms with Gasteiger partial charge in [-0.05, 0) is 44.2 Å². The first-order valence-electron chi connectivity index (χ1n) is 8.10. The van der Waals surface area contributed by atoms with Crippen LogP contribution in [-0.4, -0.2) is 26.1 Å². The van der Waals surface area contributed by atoms with Gasteiger partial charge in [0.2, 0.25) is 0 Å². The van der Waals surface area contributed by atoms with E-state index in [-0.39, 0.29) is 27.1 Å². The minimum Gasteiger partial charge on any atom is -0.465 e. The smallest absolute Gasteiger partial charge is 0.339 e. The van der Waals surface area contributed by atoms with Crippen LogP contribution >= 0.6 is 11.3 Å². The molecule has 0 radical (unpaired) electrons. The van der Waals surface area contributed by atoms with Crippen LogP contribution in [0.1, 0.15) is 30.2 Å². The number of methoxy groups -OCH3 is 1. The fraction of sp³-hybridized carbons (Fsp3) is 0.222. The van der Waals surface area contributed by atoms with E-state index in [2.05, 4.69) is 9.46 Å². The molecule has 0 aliphatic carbocycles. The van der Waals surface area contributed by atoms with Gasteiger partial charge in [-0.15, -0.1) is 0 Å². The van der Waals surface area contributed by atoms with Gasteiger partial charge in [0.05, 0.1) is 33.5 Å². The van der Waals surface area contributed by atoms with Gasteiger partial charge < -0.3 is 4.74 Å². The average Bonchev–Trinajstić information content (AvgIpc) is 2.96. The lowest BCUT2D eigenvalue weighted by Crippen LogP contribution is -2.16. The largest absolute Gasteiger partial charge is 0.465 e. The SMILES string of the molecule is COC(=O)c1ccccc1NS(=O)(=O)c1ccc2c(c1)sc(=O)n2C(C)C. The predicted molar refractivity (Wildman–Crippen MR) is 105 cm³/mol. The fourth-order valence-electron chi connectivity index (χ4n) is 2.74. The van der Waals surface area contributed by atoms with Gasteiger partial charge in [0.25, 0.3) is 10.0 Å². The summed E-state index contributed by atoms with van der Waals surface area (Å²) >= 11 is 0.996. The molecule has 1 heterocycles. The number of hydrogen-bond donors (Lipinski definition) is 1. The Labute approximate surface area is 160 Å². The Balaban J connectivity index is 2.04. The van der Waals surface area contributed by atoms with Crippen molar-refractivity contribution in [3.8, 4) is 0 Å². The number of benzene rings is 2. The van der Waals surface area contributed by atoms with E-state index in [1.54, 1.807) is 22.8 Å². The number of rotatable bonds is 5. The molecule has 0 unspecified atom stereocenters. The van der Waals surface area contributed by atoms with Crippen LogP contribution in [0.25, 0.3) is 10.2 Å². The Morgan fingerprint density at radius 3 is 2.56 bits per heavy atom. The molecule has 7 nitrogen and oxygen atoms in total. The van der Waals surface area contributed by atoms with Crippen LogP contribution in [0.3, 0.4) is 0 Å². The monoisotopic (exact) mass is 406 g/mol. The first-order chi connectivity index (χ1) is 12.7. The van der Waals surface area contributed by atoms with Gasteiger partial charge in [0, 0.05) is 6.04 Å². The van der Waals surface area contributed by atoms with Crippen molar-refractivity contribution >= 4 is 43.2 Å². The summed E-state index contributed by atoms with van der Waals surface area (Å²) in [7, 11) is -2.73. The summed E-state index contributed by atoms with van der Waals surface area (Å²) in [5.74, 6) is -0.643. The molecule has 0 saturated carbocycles. The fourth-order valence-corrected chi connectivity index (χ4v) is 4.97. The van der Waals surface area contributed by atoms with Gasteiger partial charge in [0.15, 0.2) is 0 Å². The molecule has 27 heavy (non-hydrogen) atoms. The maximum Gasteiger partial charge on any atom is 0.339 e. The second-order valence-corrected chi connectivity index (χ2v) is 8.78. The van der Waals surface area contributed by atoms with E-state index in [1.807, 2.05) is 13.8 Å². The highest BCUT2D eigenvalue weighted by Gasteiger charge is 2.20. The Kier molecular flexibility index (Phi) is 5.07. The number of para-hydroxylation sites is 1. The number of fused-ring (bicyclic) bond motifs is 1. The first-order valence-corrected chi connectivity index (χ1v) is 10.4. The Morgan fingerprint density at radius 2 is 1.89 bits per heavy atom. The van der Waals surface area contributed by atoms with E-state index in [4.69, 9.17) is 0 Å². The molecular formula is C18H18N2O5S2. The molecule has 0 fully saturated rings. The van der Waals surface area contributed by atoms with E-state index in [1.165, 1.54) is 31.4 Å². The molecule has 0 saturated heterocycles. The zero-order valence-electron chi connectivity index (χ0n) is 14.9. The number of nitrogens with one attached hydrogen (secondary N) is 1. The van der Waals surface area contributed by atoms with E-state index in [0.717, 1.165) is 11.3 Å². The van der Waals surface area contributed by atoms with Crippen LogP contribution in [-0.2, 0) is 14.8 Å². The molecule has 3 rings (SSSR count). The molecule has 1 N–H and O–H groups in total. The van der Waals surface area contributed by atoms with Gasteiger partial charge in [-0.1, -0.05) is 23.5 Å². The van der Waals surface area contributed by atoms with Gasteiger partial charge in [-0.25, -0.2) is 13.2 Å². The molecule has 142 valence electrons. The molecule has 3 aromatic rings. The standard InChI is InChI=1S/C18H18N2O5S2/c1-11(2)20-15-9-8-12(10-16(15)26-18(20)22)27(23,24)19-14-7-5-4-6-13(14)17(21)25-3/h4-11,19H,1-3H3. The quantitative estimate of drug-likeness (QED) is 0.657. The van der Waals surface area contributed by atoms with Crippen LogP contribution in [0, 0.1) is 0 Å². The van der Waals surface area contributed by atoms with Crippen LogP contribution in [0.2, 0.25) is 0 Å². The Hall–Kier alpha value is -2.65. The molecule has 2 aromatic carbocycles. The van der Waals surface area contributed by atoms with E-state index in [9.17, 15) is 18.0 Å². The van der Waals surface area contributed by atoms with Crippen LogP contribution in [0.5, 0.6) is 0 Å². The van der Waals surface area contributed by atoms with Crippen LogP contribution in [0.15, 0.2) is 52.2 Å². The van der Waals surface area contributed by atoms with Crippen molar-refractivity contribution in [2.24, 2.45) is 0 Å². The number of aromatic nitrogens is 1. The van der Waals surface area contributed by atoms with E-state index in [0.29, 0.717) is 10.2 Å². The summed E-state index contributed by atoms with van der Waals surface area (Å²) in [5.41, 5.74) is 0.923. The van der Waals surface area contributed by atoms with Crippen molar-refractivity contribution in [2.45, 2.75) is 24.8 Å². The highest BCUT2D eigenvalue weighted by Crippen LogP contribution is 2.26. The molecular weight excluding hydrogens is 388 g/mol. The molecule has 0 bridgehead atoms. The molecule has 0 amide bonds. The van der Waals surface area contributed by atoms with Crippen molar-refractivity contribution in [2.75, 3.05) is 11.8 Å². The Morgan fingerprint density at radius 1 is 1.19 bits per heavy atom. The summed E-state index contributed by atoms with van der Waals surface area (Å²) in [5, 5.41) is 0. The van der Waals surface area contributed by atoms with Crippen molar-refractivity contribution in [3.63, 3.8) is 0 Å². The molecule has 9 heteroatoms. The van der Waals surface area contributed by atoms with Gasteiger partial charge in [0.1, 0.15) is 0 Å². The van der Waals surface area contributed by atoms with Crippen molar-refractivity contribution in [1.29, 1.82) is 0 Å². The lowest BCUT2D eigenvalue weighted by Gasteiger charge is -2.12. The minimum atomic E-state index is -3.96. The number of thiazole rings is 1. The topological polar surface area (TPSA) is 94.5 Å². The maximum absolute atomic E-state index is 12.8. The minimum absolute atomic E-state index is 0.00632. The number of carbonyl (C=O) groups excluding carboxylic acids is 1. The summed E-state index contributed by atoms with van der Waals surface area (Å²) in [6, 6.07) is 10.7. The number of esters is 1. The molecule has 0 spiro atoms. The third-order valence-corrected chi connectivity index (χ3v) is 6.27. The summed E-state index contributed by atoms with van der Waals surface area (Å²) < 4.78 is 34.9. The number of anilines is 1. The van der Waals surface area contributed by atoms with Crippen molar-refractivity contribution in [1.82, 2.24) is 4.57 Å². The zero-order chi connectivity index (χ0) is 19.8. The van der Waals surface area contributed by atoms with Gasteiger partial charge in [-0.2, -0.15) is 0 Å². The highest BCUT2D eigenvalue weighted by atomic mass is 32.2. The van der Waals surface area contributed by atoms with E-state index >= 15 is 0 Å². The molecule has 1 aromatic heterocycles. The van der Waals surface area contributed by atoms with Gasteiger partial charge in [-0.3, -0.25) is 14.1 Å². The van der Waals surface area contributed by atoms with Crippen LogP contribution in [0.4, 0.5) is 5.69 Å². The highest BCUT2D eigenvalue weighted by molar-refractivity contribution is 7.92. The summed E-state index contributed by atoms with van der Waals surface area (Å²) in [6.45, 7) is 3.78. The summed E-state index contributed by atoms with van der Waals surface area (Å²) in [6.07, 6.45) is 0. The Bertz CT molecular complexity index is 1180. The first kappa shape index (κ1) is 19.1. The number of ether oxygens (including phenoxy) is 1. The van der Waals surface area contributed by atoms with Crippen LogP contribution < -0.4 is 9.60 Å². The zero-order valence-corrected chi connectivity index (χ0v) is 16.6. The third kappa shape index (κ3) is 3.60. The predicted octanol–water partition coefficient (Wildman–Crippen LogP) is 3.23. The van der Waals surface area contributed by atoms with Crippen molar-refractivity contribution in [3.05, 3.63) is 57.7 Å². The lowest BCUT2D eigenvalue weighted by atomic mass is 10.2. The number of nitrogens with zero attached hydrogens (tertiary/aromatic N) is 1. The molecule has 0 atom stereocenters. The maximum atomic E-state index is 12.8. The second kappa shape index (κ2) is 7.16. The van der Waals surface area contributed by atoms with Crippen molar-refractivity contribution < 1.29 is 17.9 Å². The number of sulfonamides is 1. The number of carbonyl (C=O) groups is 1. The molecule has 0 aliphatic heterocycles. The number of hydrogen-bond acceptors (Lipinski definition) is 6. The average molecular weight is 406 g/mol. The third-order valence-electron chi connectivity index (χ3n) is 3.99. The molecule has 0 aliphatic rings. The lowest BCUT2D eigenvalue weighted by molar-refractivity contribution is 0.0602. The van der Waals surface area contributed by atoms with Gasteiger partial charge >= 0.3 is 10.8 Å². The normalized spacial score (nSPS) is 11.7. The second-order valence-electron chi connectivity index (χ2n) is 6.10. The van der Waals surface area contributed by atoms with E-state index < -0.39 is 16.0 Å². The summed E-state index contributed by atoms with van der Waals surface area (Å²) in [4.78, 5) is 23.9.